The second kappa shape index (κ2) is 8.18. The lowest BCUT2D eigenvalue weighted by Crippen LogP contribution is -2.40. The molecule has 0 radical (unpaired) electrons. The van der Waals surface area contributed by atoms with Crippen molar-refractivity contribution in [3.05, 3.63) is 70.0 Å². The SMILES string of the molecule is NC1CCC(N(Cc2ccncc2)Cc2ccc([N+](=O)[O-])cc2)CC1. The molecule has 1 saturated carbocycles. The molecule has 3 rings (SSSR count). The lowest BCUT2D eigenvalue weighted by molar-refractivity contribution is -0.384. The molecule has 6 nitrogen and oxygen atoms in total. The van der Waals surface area contributed by atoms with Crippen molar-refractivity contribution < 1.29 is 4.92 Å². The van der Waals surface area contributed by atoms with Crippen LogP contribution >= 0.6 is 0 Å². The van der Waals surface area contributed by atoms with Gasteiger partial charge in [0.15, 0.2) is 0 Å². The van der Waals surface area contributed by atoms with Crippen LogP contribution in [0.2, 0.25) is 0 Å². The van der Waals surface area contributed by atoms with E-state index in [2.05, 4.69) is 9.88 Å². The molecule has 6 heteroatoms. The maximum Gasteiger partial charge on any atom is 0.269 e. The van der Waals surface area contributed by atoms with Crippen molar-refractivity contribution in [3.63, 3.8) is 0 Å². The lowest BCUT2D eigenvalue weighted by atomic mass is 9.90. The molecule has 2 N–H and O–H groups in total. The van der Waals surface area contributed by atoms with Crippen molar-refractivity contribution in [1.29, 1.82) is 0 Å². The van der Waals surface area contributed by atoms with E-state index in [1.54, 1.807) is 12.1 Å². The Bertz CT molecular complexity index is 682. The van der Waals surface area contributed by atoms with Crippen LogP contribution in [0.5, 0.6) is 0 Å². The van der Waals surface area contributed by atoms with Crippen LogP contribution < -0.4 is 5.73 Å². The first kappa shape index (κ1) is 17.5. The molecule has 1 heterocycles. The van der Waals surface area contributed by atoms with Gasteiger partial charge in [-0.05, 0) is 48.9 Å². The zero-order chi connectivity index (χ0) is 17.6. The van der Waals surface area contributed by atoms with E-state index in [0.717, 1.165) is 44.3 Å². The van der Waals surface area contributed by atoms with Gasteiger partial charge in [0, 0.05) is 49.7 Å². The molecular formula is C19H24N4O2. The smallest absolute Gasteiger partial charge is 0.269 e. The number of rotatable bonds is 6. The first-order chi connectivity index (χ1) is 12.1. The van der Waals surface area contributed by atoms with Gasteiger partial charge in [-0.15, -0.1) is 0 Å². The minimum absolute atomic E-state index is 0.132. The molecule has 1 aliphatic rings. The number of hydrogen-bond donors (Lipinski definition) is 1. The molecule has 132 valence electrons. The average Bonchev–Trinajstić information content (AvgIpc) is 2.63. The van der Waals surface area contributed by atoms with E-state index in [1.807, 2.05) is 36.7 Å². The number of benzene rings is 1. The molecule has 1 fully saturated rings. The van der Waals surface area contributed by atoms with E-state index in [-0.39, 0.29) is 10.6 Å². The minimum atomic E-state index is -0.360. The number of aromatic nitrogens is 1. The number of nitro benzene ring substituents is 1. The molecule has 2 aromatic rings. The van der Waals surface area contributed by atoms with E-state index >= 15 is 0 Å². The summed E-state index contributed by atoms with van der Waals surface area (Å²) in [5.41, 5.74) is 8.51. The van der Waals surface area contributed by atoms with Crippen LogP contribution in [0.25, 0.3) is 0 Å². The zero-order valence-corrected chi connectivity index (χ0v) is 14.3. The van der Waals surface area contributed by atoms with E-state index in [1.165, 1.54) is 5.56 Å². The molecular weight excluding hydrogens is 316 g/mol. The van der Waals surface area contributed by atoms with E-state index in [9.17, 15) is 10.1 Å². The van der Waals surface area contributed by atoms with Crippen LogP contribution in [0.4, 0.5) is 5.69 Å². The highest BCUT2D eigenvalue weighted by Crippen LogP contribution is 2.25. The fraction of sp³-hybridized carbons (Fsp3) is 0.421. The number of nitro groups is 1. The molecule has 0 aliphatic heterocycles. The summed E-state index contributed by atoms with van der Waals surface area (Å²) < 4.78 is 0. The number of non-ortho nitro benzene ring substituents is 1. The second-order valence-electron chi connectivity index (χ2n) is 6.75. The quantitative estimate of drug-likeness (QED) is 0.644. The molecule has 0 spiro atoms. The Morgan fingerprint density at radius 3 is 2.12 bits per heavy atom. The van der Waals surface area contributed by atoms with Gasteiger partial charge in [-0.25, -0.2) is 0 Å². The zero-order valence-electron chi connectivity index (χ0n) is 14.3. The van der Waals surface area contributed by atoms with Crippen molar-refractivity contribution in [3.8, 4) is 0 Å². The highest BCUT2D eigenvalue weighted by molar-refractivity contribution is 5.32. The van der Waals surface area contributed by atoms with Gasteiger partial charge in [0.25, 0.3) is 5.69 Å². The number of pyridine rings is 1. The van der Waals surface area contributed by atoms with Crippen molar-refractivity contribution in [1.82, 2.24) is 9.88 Å². The highest BCUT2D eigenvalue weighted by Gasteiger charge is 2.24. The summed E-state index contributed by atoms with van der Waals surface area (Å²) in [7, 11) is 0. The minimum Gasteiger partial charge on any atom is -0.328 e. The van der Waals surface area contributed by atoms with Gasteiger partial charge < -0.3 is 5.73 Å². The Morgan fingerprint density at radius 1 is 1.00 bits per heavy atom. The van der Waals surface area contributed by atoms with Gasteiger partial charge in [-0.2, -0.15) is 0 Å². The Labute approximate surface area is 147 Å². The largest absolute Gasteiger partial charge is 0.328 e. The molecule has 0 bridgehead atoms. The normalized spacial score (nSPS) is 20.6. The Balaban J connectivity index is 1.74. The van der Waals surface area contributed by atoms with Crippen molar-refractivity contribution >= 4 is 5.69 Å². The molecule has 1 aliphatic carbocycles. The van der Waals surface area contributed by atoms with Crippen LogP contribution in [-0.4, -0.2) is 26.9 Å². The van der Waals surface area contributed by atoms with Gasteiger partial charge >= 0.3 is 0 Å². The predicted octanol–water partition coefficient (Wildman–Crippen LogP) is 3.26. The summed E-state index contributed by atoms with van der Waals surface area (Å²) in [5.74, 6) is 0. The summed E-state index contributed by atoms with van der Waals surface area (Å²) in [6.07, 6.45) is 7.93. The fourth-order valence-corrected chi connectivity index (χ4v) is 3.46. The van der Waals surface area contributed by atoms with E-state index in [0.29, 0.717) is 12.1 Å². The first-order valence-electron chi connectivity index (χ1n) is 8.73. The summed E-state index contributed by atoms with van der Waals surface area (Å²) in [5, 5.41) is 10.8. The van der Waals surface area contributed by atoms with Crippen LogP contribution in [0.1, 0.15) is 36.8 Å². The topological polar surface area (TPSA) is 85.3 Å². The molecule has 0 saturated heterocycles. The number of nitrogens with zero attached hydrogens (tertiary/aromatic N) is 3. The Kier molecular flexibility index (Phi) is 5.73. The van der Waals surface area contributed by atoms with Crippen molar-refractivity contribution in [2.24, 2.45) is 5.73 Å². The van der Waals surface area contributed by atoms with E-state index in [4.69, 9.17) is 5.73 Å². The van der Waals surface area contributed by atoms with Crippen molar-refractivity contribution in [2.45, 2.75) is 50.9 Å². The summed E-state index contributed by atoms with van der Waals surface area (Å²) in [6.45, 7) is 1.62. The number of nitrogens with two attached hydrogens (primary N) is 1. The Hall–Kier alpha value is -2.31. The molecule has 0 atom stereocenters. The highest BCUT2D eigenvalue weighted by atomic mass is 16.6. The summed E-state index contributed by atoms with van der Waals surface area (Å²) >= 11 is 0. The predicted molar refractivity (Wildman–Crippen MR) is 96.8 cm³/mol. The monoisotopic (exact) mass is 340 g/mol. The maximum atomic E-state index is 10.8. The van der Waals surface area contributed by atoms with Crippen molar-refractivity contribution in [2.75, 3.05) is 0 Å². The average molecular weight is 340 g/mol. The Morgan fingerprint density at radius 2 is 1.56 bits per heavy atom. The fourth-order valence-electron chi connectivity index (χ4n) is 3.46. The van der Waals surface area contributed by atoms with Gasteiger partial charge in [0.2, 0.25) is 0 Å². The third-order valence-corrected chi connectivity index (χ3v) is 4.93. The van der Waals surface area contributed by atoms with Gasteiger partial charge in [0.1, 0.15) is 0 Å². The second-order valence-corrected chi connectivity index (χ2v) is 6.75. The van der Waals surface area contributed by atoms with Crippen LogP contribution in [0.15, 0.2) is 48.8 Å². The number of hydrogen-bond acceptors (Lipinski definition) is 5. The third-order valence-electron chi connectivity index (χ3n) is 4.93. The van der Waals surface area contributed by atoms with Gasteiger partial charge in [-0.1, -0.05) is 12.1 Å². The molecule has 0 unspecified atom stereocenters. The van der Waals surface area contributed by atoms with Crippen LogP contribution in [0, 0.1) is 10.1 Å². The standard InChI is InChI=1S/C19H24N4O2/c20-17-3-7-18(8-4-17)22(14-16-9-11-21-12-10-16)13-15-1-5-19(6-2-15)23(24)25/h1-2,5-6,9-12,17-18H,3-4,7-8,13-14,20H2. The molecule has 25 heavy (non-hydrogen) atoms. The van der Waals surface area contributed by atoms with Crippen LogP contribution in [0.3, 0.4) is 0 Å². The maximum absolute atomic E-state index is 10.8. The lowest BCUT2D eigenvalue weighted by Gasteiger charge is -2.36. The summed E-state index contributed by atoms with van der Waals surface area (Å²) in [4.78, 5) is 17.0. The summed E-state index contributed by atoms with van der Waals surface area (Å²) in [6, 6.07) is 11.8. The molecule has 1 aromatic heterocycles. The van der Waals surface area contributed by atoms with E-state index < -0.39 is 0 Å². The third kappa shape index (κ3) is 4.84. The molecule has 1 aromatic carbocycles. The van der Waals surface area contributed by atoms with Gasteiger partial charge in [0.05, 0.1) is 4.92 Å². The molecule has 0 amide bonds. The first-order valence-corrected chi connectivity index (χ1v) is 8.73. The van der Waals surface area contributed by atoms with Crippen LogP contribution in [-0.2, 0) is 13.1 Å². The van der Waals surface area contributed by atoms with Gasteiger partial charge in [-0.3, -0.25) is 20.0 Å².